The number of nitrogens with zero attached hydrogens (tertiary/aromatic N) is 2. The molecular formula is C14H19BrFN3O. The molecule has 0 aromatic heterocycles. The van der Waals surface area contributed by atoms with Gasteiger partial charge in [0.2, 0.25) is 5.91 Å². The molecule has 1 aliphatic rings. The van der Waals surface area contributed by atoms with Crippen LogP contribution in [0.5, 0.6) is 0 Å². The second-order valence-electron chi connectivity index (χ2n) is 5.02. The first-order valence-electron chi connectivity index (χ1n) is 6.67. The highest BCUT2D eigenvalue weighted by molar-refractivity contribution is 9.10. The summed E-state index contributed by atoms with van der Waals surface area (Å²) in [6.07, 6.45) is 0. The van der Waals surface area contributed by atoms with Gasteiger partial charge in [0, 0.05) is 42.8 Å². The Hall–Kier alpha value is -0.980. The third-order valence-corrected chi connectivity index (χ3v) is 3.95. The first-order valence-corrected chi connectivity index (χ1v) is 7.46. The molecule has 0 saturated carbocycles. The van der Waals surface area contributed by atoms with Crippen LogP contribution in [-0.2, 0) is 11.3 Å². The van der Waals surface area contributed by atoms with Gasteiger partial charge in [0.25, 0.3) is 0 Å². The molecule has 1 heterocycles. The maximum Gasteiger partial charge on any atom is 0.236 e. The number of benzene rings is 1. The van der Waals surface area contributed by atoms with E-state index in [2.05, 4.69) is 33.2 Å². The van der Waals surface area contributed by atoms with Gasteiger partial charge in [-0.1, -0.05) is 15.9 Å². The van der Waals surface area contributed by atoms with Crippen molar-refractivity contribution < 1.29 is 9.18 Å². The summed E-state index contributed by atoms with van der Waals surface area (Å²) >= 11 is 3.31. The van der Waals surface area contributed by atoms with E-state index in [0.717, 1.165) is 30.7 Å². The highest BCUT2D eigenvalue weighted by Crippen LogP contribution is 2.15. The van der Waals surface area contributed by atoms with Gasteiger partial charge in [-0.2, -0.15) is 0 Å². The quantitative estimate of drug-likeness (QED) is 0.898. The predicted octanol–water partition coefficient (Wildman–Crippen LogP) is 1.45. The van der Waals surface area contributed by atoms with Gasteiger partial charge in [-0.3, -0.25) is 4.79 Å². The molecule has 0 unspecified atom stereocenters. The van der Waals surface area contributed by atoms with Crippen molar-refractivity contribution in [2.45, 2.75) is 6.54 Å². The fourth-order valence-electron chi connectivity index (χ4n) is 2.15. The van der Waals surface area contributed by atoms with Crippen molar-refractivity contribution in [1.29, 1.82) is 0 Å². The maximum atomic E-state index is 13.5. The molecule has 0 spiro atoms. The van der Waals surface area contributed by atoms with Crippen molar-refractivity contribution in [1.82, 2.24) is 15.1 Å². The molecule has 2 rings (SSSR count). The minimum atomic E-state index is -0.257. The zero-order valence-corrected chi connectivity index (χ0v) is 13.1. The van der Waals surface area contributed by atoms with Gasteiger partial charge in [-0.05, 0) is 25.2 Å². The Bertz CT molecular complexity index is 475. The van der Waals surface area contributed by atoms with Crippen LogP contribution >= 0.6 is 15.9 Å². The smallest absolute Gasteiger partial charge is 0.236 e. The number of carbonyl (C=O) groups is 1. The lowest BCUT2D eigenvalue weighted by Crippen LogP contribution is -2.49. The Morgan fingerprint density at radius 1 is 1.35 bits per heavy atom. The van der Waals surface area contributed by atoms with E-state index < -0.39 is 0 Å². The van der Waals surface area contributed by atoms with E-state index in [1.165, 1.54) is 6.07 Å². The Balaban J connectivity index is 1.78. The summed E-state index contributed by atoms with van der Waals surface area (Å²) in [6.45, 7) is 3.95. The van der Waals surface area contributed by atoms with Crippen molar-refractivity contribution in [3.05, 3.63) is 34.1 Å². The number of piperazine rings is 1. The van der Waals surface area contributed by atoms with Gasteiger partial charge in [0.05, 0.1) is 6.54 Å². The number of carbonyl (C=O) groups excluding carboxylic acids is 1. The van der Waals surface area contributed by atoms with E-state index >= 15 is 0 Å². The van der Waals surface area contributed by atoms with Crippen LogP contribution in [0.15, 0.2) is 22.7 Å². The molecule has 0 bridgehead atoms. The van der Waals surface area contributed by atoms with Crippen LogP contribution in [-0.4, -0.2) is 55.5 Å². The van der Waals surface area contributed by atoms with Crippen LogP contribution in [0, 0.1) is 5.82 Å². The minimum Gasteiger partial charge on any atom is -0.339 e. The number of likely N-dealkylation sites (N-methyl/N-ethyl adjacent to an activating group) is 1. The summed E-state index contributed by atoms with van der Waals surface area (Å²) in [5.74, 6) is -0.179. The van der Waals surface area contributed by atoms with E-state index in [4.69, 9.17) is 0 Å². The number of hydrogen-bond donors (Lipinski definition) is 1. The maximum absolute atomic E-state index is 13.5. The van der Waals surface area contributed by atoms with Gasteiger partial charge in [0.1, 0.15) is 5.82 Å². The van der Waals surface area contributed by atoms with Crippen LogP contribution in [0.25, 0.3) is 0 Å². The van der Waals surface area contributed by atoms with Gasteiger partial charge in [-0.25, -0.2) is 4.39 Å². The van der Waals surface area contributed by atoms with Gasteiger partial charge < -0.3 is 15.1 Å². The largest absolute Gasteiger partial charge is 0.339 e. The van der Waals surface area contributed by atoms with E-state index in [0.29, 0.717) is 12.1 Å². The summed E-state index contributed by atoms with van der Waals surface area (Å²) in [5.41, 5.74) is 0.561. The van der Waals surface area contributed by atoms with Crippen LogP contribution in [0.2, 0.25) is 0 Å². The van der Waals surface area contributed by atoms with Gasteiger partial charge >= 0.3 is 0 Å². The monoisotopic (exact) mass is 343 g/mol. The fourth-order valence-corrected chi connectivity index (χ4v) is 2.56. The summed E-state index contributed by atoms with van der Waals surface area (Å²) in [7, 11) is 2.05. The van der Waals surface area contributed by atoms with E-state index in [1.807, 2.05) is 4.90 Å². The molecule has 1 aromatic rings. The Morgan fingerprint density at radius 2 is 2.05 bits per heavy atom. The number of hydrogen-bond acceptors (Lipinski definition) is 3. The van der Waals surface area contributed by atoms with E-state index in [1.54, 1.807) is 12.1 Å². The molecule has 6 heteroatoms. The third-order valence-electron chi connectivity index (χ3n) is 3.46. The summed E-state index contributed by atoms with van der Waals surface area (Å²) in [4.78, 5) is 16.0. The molecule has 1 saturated heterocycles. The lowest BCUT2D eigenvalue weighted by molar-refractivity contribution is -0.131. The predicted molar refractivity (Wildman–Crippen MR) is 79.9 cm³/mol. The lowest BCUT2D eigenvalue weighted by atomic mass is 10.2. The average molecular weight is 344 g/mol. The molecule has 110 valence electrons. The molecule has 1 N–H and O–H groups in total. The van der Waals surface area contributed by atoms with E-state index in [9.17, 15) is 9.18 Å². The molecule has 1 amide bonds. The molecular weight excluding hydrogens is 325 g/mol. The standard InChI is InChI=1S/C14H19BrFN3O/c1-18-4-6-19(7-5-18)14(20)10-17-9-11-8-12(15)2-3-13(11)16/h2-3,8,17H,4-7,9-10H2,1H3. The van der Waals surface area contributed by atoms with Crippen LogP contribution in [0.1, 0.15) is 5.56 Å². The lowest BCUT2D eigenvalue weighted by Gasteiger charge is -2.32. The second kappa shape index (κ2) is 7.15. The molecule has 1 fully saturated rings. The number of amides is 1. The topological polar surface area (TPSA) is 35.6 Å². The summed E-state index contributed by atoms with van der Waals surface area (Å²) in [6, 6.07) is 4.81. The highest BCUT2D eigenvalue weighted by atomic mass is 79.9. The first-order chi connectivity index (χ1) is 9.56. The van der Waals surface area contributed by atoms with Crippen LogP contribution in [0.4, 0.5) is 4.39 Å². The van der Waals surface area contributed by atoms with E-state index in [-0.39, 0.29) is 18.3 Å². The summed E-state index contributed by atoms with van der Waals surface area (Å²) in [5, 5.41) is 3.01. The average Bonchev–Trinajstić information content (AvgIpc) is 2.43. The Kier molecular flexibility index (Phi) is 5.51. The zero-order valence-electron chi connectivity index (χ0n) is 11.5. The molecule has 0 atom stereocenters. The molecule has 0 aliphatic carbocycles. The molecule has 1 aliphatic heterocycles. The molecule has 0 radical (unpaired) electrons. The highest BCUT2D eigenvalue weighted by Gasteiger charge is 2.18. The summed E-state index contributed by atoms with van der Waals surface area (Å²) < 4.78 is 14.4. The van der Waals surface area contributed by atoms with Crippen molar-refractivity contribution in [3.8, 4) is 0 Å². The van der Waals surface area contributed by atoms with Crippen molar-refractivity contribution in [2.24, 2.45) is 0 Å². The van der Waals surface area contributed by atoms with Gasteiger partial charge in [-0.15, -0.1) is 0 Å². The Morgan fingerprint density at radius 3 is 2.75 bits per heavy atom. The number of nitrogens with one attached hydrogen (secondary N) is 1. The molecule has 4 nitrogen and oxygen atoms in total. The number of rotatable bonds is 4. The van der Waals surface area contributed by atoms with Crippen molar-refractivity contribution in [2.75, 3.05) is 39.8 Å². The zero-order chi connectivity index (χ0) is 14.5. The third kappa shape index (κ3) is 4.26. The molecule has 1 aromatic carbocycles. The van der Waals surface area contributed by atoms with Crippen LogP contribution in [0.3, 0.4) is 0 Å². The minimum absolute atomic E-state index is 0.0773. The second-order valence-corrected chi connectivity index (χ2v) is 5.94. The normalized spacial score (nSPS) is 16.4. The SMILES string of the molecule is CN1CCN(C(=O)CNCc2cc(Br)ccc2F)CC1. The first kappa shape index (κ1) is 15.4. The number of halogens is 2. The van der Waals surface area contributed by atoms with Crippen molar-refractivity contribution in [3.63, 3.8) is 0 Å². The van der Waals surface area contributed by atoms with Crippen molar-refractivity contribution >= 4 is 21.8 Å². The molecule has 20 heavy (non-hydrogen) atoms. The Labute approximate surface area is 127 Å². The van der Waals surface area contributed by atoms with Gasteiger partial charge in [0.15, 0.2) is 0 Å². The van der Waals surface area contributed by atoms with Crippen LogP contribution < -0.4 is 5.32 Å². The fraction of sp³-hybridized carbons (Fsp3) is 0.500.